The molecule has 5 nitrogen and oxygen atoms in total. The van der Waals surface area contributed by atoms with Crippen molar-refractivity contribution in [2.24, 2.45) is 5.92 Å². The molecule has 1 fully saturated rings. The van der Waals surface area contributed by atoms with Crippen LogP contribution in [0.3, 0.4) is 0 Å². The quantitative estimate of drug-likeness (QED) is 0.710. The van der Waals surface area contributed by atoms with E-state index in [1.165, 1.54) is 36.7 Å². The van der Waals surface area contributed by atoms with Crippen molar-refractivity contribution in [3.8, 4) is 11.3 Å². The molecule has 3 heterocycles. The van der Waals surface area contributed by atoms with Gasteiger partial charge in [-0.15, -0.1) is 0 Å². The SMILES string of the molecule is FC(F)C(CCC1CCCC1)n1cc(-c2ncnc3[nH]ccc23)cn1. The van der Waals surface area contributed by atoms with E-state index >= 15 is 0 Å². The van der Waals surface area contributed by atoms with Crippen LogP contribution in [0, 0.1) is 5.92 Å². The zero-order valence-corrected chi connectivity index (χ0v) is 13.9. The third kappa shape index (κ3) is 3.27. The van der Waals surface area contributed by atoms with Crippen LogP contribution < -0.4 is 0 Å². The van der Waals surface area contributed by atoms with E-state index < -0.39 is 12.5 Å². The third-order valence-electron chi connectivity index (χ3n) is 5.20. The summed E-state index contributed by atoms with van der Waals surface area (Å²) in [4.78, 5) is 11.5. The van der Waals surface area contributed by atoms with Gasteiger partial charge in [0.05, 0.1) is 11.9 Å². The van der Waals surface area contributed by atoms with E-state index in [9.17, 15) is 8.78 Å². The number of rotatable bonds is 6. The Morgan fingerprint density at radius 1 is 1.24 bits per heavy atom. The van der Waals surface area contributed by atoms with Crippen LogP contribution in [0.5, 0.6) is 0 Å². The normalized spacial score (nSPS) is 16.9. The van der Waals surface area contributed by atoms with Crippen molar-refractivity contribution < 1.29 is 8.78 Å². The molecule has 1 aliphatic carbocycles. The largest absolute Gasteiger partial charge is 0.346 e. The number of nitrogens with zero attached hydrogens (tertiary/aromatic N) is 4. The first-order chi connectivity index (χ1) is 12.2. The first kappa shape index (κ1) is 16.2. The molecule has 7 heteroatoms. The number of hydrogen-bond donors (Lipinski definition) is 1. The van der Waals surface area contributed by atoms with Gasteiger partial charge in [-0.05, 0) is 24.8 Å². The highest BCUT2D eigenvalue weighted by Gasteiger charge is 2.26. The van der Waals surface area contributed by atoms with E-state index in [0.29, 0.717) is 18.0 Å². The first-order valence-corrected chi connectivity index (χ1v) is 8.83. The molecule has 1 atom stereocenters. The van der Waals surface area contributed by atoms with Crippen molar-refractivity contribution >= 4 is 11.0 Å². The molecular weight excluding hydrogens is 324 g/mol. The van der Waals surface area contributed by atoms with E-state index in [2.05, 4.69) is 20.1 Å². The number of aromatic nitrogens is 5. The number of nitrogens with one attached hydrogen (secondary N) is 1. The molecule has 0 aromatic carbocycles. The van der Waals surface area contributed by atoms with Gasteiger partial charge in [0.15, 0.2) is 0 Å². The predicted octanol–water partition coefficient (Wildman–Crippen LogP) is 4.60. The van der Waals surface area contributed by atoms with Crippen LogP contribution in [0.1, 0.15) is 44.6 Å². The molecule has 0 saturated heterocycles. The van der Waals surface area contributed by atoms with Crippen molar-refractivity contribution in [3.63, 3.8) is 0 Å². The van der Waals surface area contributed by atoms with Crippen LogP contribution in [0.25, 0.3) is 22.3 Å². The summed E-state index contributed by atoms with van der Waals surface area (Å²) in [5.41, 5.74) is 2.17. The Kier molecular flexibility index (Phi) is 4.46. The van der Waals surface area contributed by atoms with Crippen molar-refractivity contribution in [3.05, 3.63) is 31.0 Å². The van der Waals surface area contributed by atoms with Crippen LogP contribution in [-0.2, 0) is 0 Å². The van der Waals surface area contributed by atoms with Gasteiger partial charge in [0, 0.05) is 23.3 Å². The average Bonchev–Trinajstić information content (AvgIpc) is 3.35. The minimum atomic E-state index is -2.42. The van der Waals surface area contributed by atoms with E-state index in [1.807, 2.05) is 6.07 Å². The molecule has 25 heavy (non-hydrogen) atoms. The highest BCUT2D eigenvalue weighted by Crippen LogP contribution is 2.33. The number of fused-ring (bicyclic) bond motifs is 1. The maximum Gasteiger partial charge on any atom is 0.260 e. The summed E-state index contributed by atoms with van der Waals surface area (Å²) >= 11 is 0. The molecule has 1 unspecified atom stereocenters. The Morgan fingerprint density at radius 3 is 2.88 bits per heavy atom. The molecular formula is C18H21F2N5. The monoisotopic (exact) mass is 345 g/mol. The van der Waals surface area contributed by atoms with E-state index in [0.717, 1.165) is 23.0 Å². The van der Waals surface area contributed by atoms with Crippen molar-refractivity contribution in [2.75, 3.05) is 0 Å². The summed E-state index contributed by atoms with van der Waals surface area (Å²) in [5.74, 6) is 0.595. The van der Waals surface area contributed by atoms with Crippen LogP contribution in [0.15, 0.2) is 31.0 Å². The summed E-state index contributed by atoms with van der Waals surface area (Å²) in [6, 6.07) is 1.00. The number of aromatic amines is 1. The molecule has 1 aliphatic rings. The highest BCUT2D eigenvalue weighted by molar-refractivity contribution is 5.89. The predicted molar refractivity (Wildman–Crippen MR) is 91.3 cm³/mol. The molecule has 3 aromatic rings. The van der Waals surface area contributed by atoms with E-state index in [4.69, 9.17) is 0 Å². The van der Waals surface area contributed by atoms with Crippen molar-refractivity contribution in [1.29, 1.82) is 0 Å². The standard InChI is InChI=1S/C18H21F2N5/c19-17(20)15(6-5-12-3-1-2-4-12)25-10-13(9-24-25)16-14-7-8-21-18(14)23-11-22-16/h7-12,15,17H,1-6H2,(H,21,22,23). The molecule has 1 N–H and O–H groups in total. The second-order valence-corrected chi connectivity index (χ2v) is 6.80. The van der Waals surface area contributed by atoms with Crippen LogP contribution >= 0.6 is 0 Å². The topological polar surface area (TPSA) is 59.4 Å². The average molecular weight is 345 g/mol. The number of halogens is 2. The minimum Gasteiger partial charge on any atom is -0.346 e. The Morgan fingerprint density at radius 2 is 2.08 bits per heavy atom. The lowest BCUT2D eigenvalue weighted by Gasteiger charge is -2.18. The lowest BCUT2D eigenvalue weighted by molar-refractivity contribution is 0.0681. The maximum atomic E-state index is 13.6. The van der Waals surface area contributed by atoms with Crippen molar-refractivity contribution in [2.45, 2.75) is 51.0 Å². The fourth-order valence-electron chi connectivity index (χ4n) is 3.82. The lowest BCUT2D eigenvalue weighted by Crippen LogP contribution is -2.18. The lowest BCUT2D eigenvalue weighted by atomic mass is 9.98. The molecule has 132 valence electrons. The Balaban J connectivity index is 1.56. The fraction of sp³-hybridized carbons (Fsp3) is 0.500. The second-order valence-electron chi connectivity index (χ2n) is 6.80. The van der Waals surface area contributed by atoms with Gasteiger partial charge in [0.25, 0.3) is 6.43 Å². The molecule has 4 rings (SSSR count). The molecule has 3 aromatic heterocycles. The van der Waals surface area contributed by atoms with Gasteiger partial charge in [0.1, 0.15) is 18.0 Å². The van der Waals surface area contributed by atoms with Crippen LogP contribution in [-0.4, -0.2) is 31.2 Å². The van der Waals surface area contributed by atoms with Gasteiger partial charge in [-0.3, -0.25) is 4.68 Å². The second kappa shape index (κ2) is 6.90. The summed E-state index contributed by atoms with van der Waals surface area (Å²) in [6.07, 6.45) is 10.2. The summed E-state index contributed by atoms with van der Waals surface area (Å²) in [7, 11) is 0. The molecule has 0 bridgehead atoms. The fourth-order valence-corrected chi connectivity index (χ4v) is 3.82. The molecule has 0 aliphatic heterocycles. The highest BCUT2D eigenvalue weighted by atomic mass is 19.3. The number of H-pyrrole nitrogens is 1. The van der Waals surface area contributed by atoms with Gasteiger partial charge in [0.2, 0.25) is 0 Å². The van der Waals surface area contributed by atoms with E-state index in [1.54, 1.807) is 18.6 Å². The zero-order valence-electron chi connectivity index (χ0n) is 13.9. The smallest absolute Gasteiger partial charge is 0.260 e. The summed E-state index contributed by atoms with van der Waals surface area (Å²) in [5, 5.41) is 5.08. The minimum absolute atomic E-state index is 0.465. The van der Waals surface area contributed by atoms with Gasteiger partial charge in [-0.25, -0.2) is 18.7 Å². The molecule has 0 spiro atoms. The van der Waals surface area contributed by atoms with Gasteiger partial charge in [-0.2, -0.15) is 5.10 Å². The van der Waals surface area contributed by atoms with Crippen molar-refractivity contribution in [1.82, 2.24) is 24.7 Å². The summed E-state index contributed by atoms with van der Waals surface area (Å²) < 4.78 is 28.6. The molecule has 1 saturated carbocycles. The van der Waals surface area contributed by atoms with E-state index in [-0.39, 0.29) is 0 Å². The number of alkyl halides is 2. The van der Waals surface area contributed by atoms with Crippen LogP contribution in [0.4, 0.5) is 8.78 Å². The Bertz CT molecular complexity index is 835. The molecule has 0 amide bonds. The zero-order chi connectivity index (χ0) is 17.2. The van der Waals surface area contributed by atoms with Crippen LogP contribution in [0.2, 0.25) is 0 Å². The first-order valence-electron chi connectivity index (χ1n) is 8.83. The van der Waals surface area contributed by atoms with Gasteiger partial charge >= 0.3 is 0 Å². The molecule has 0 radical (unpaired) electrons. The van der Waals surface area contributed by atoms with Gasteiger partial charge in [-0.1, -0.05) is 25.7 Å². The third-order valence-corrected chi connectivity index (χ3v) is 5.20. The Labute approximate surface area is 144 Å². The Hall–Kier alpha value is -2.31. The number of hydrogen-bond acceptors (Lipinski definition) is 3. The summed E-state index contributed by atoms with van der Waals surface area (Å²) in [6.45, 7) is 0. The van der Waals surface area contributed by atoms with Gasteiger partial charge < -0.3 is 4.98 Å². The maximum absolute atomic E-state index is 13.6.